The lowest BCUT2D eigenvalue weighted by Gasteiger charge is -2.08. The highest BCUT2D eigenvalue weighted by molar-refractivity contribution is 5.82. The molecule has 2 aromatic carbocycles. The van der Waals surface area contributed by atoms with E-state index in [9.17, 15) is 18.0 Å². The van der Waals surface area contributed by atoms with Gasteiger partial charge in [0.1, 0.15) is 11.8 Å². The lowest BCUT2D eigenvalue weighted by Crippen LogP contribution is -2.07. The Morgan fingerprint density at radius 3 is 2.55 bits per heavy atom. The molecule has 0 radical (unpaired) electrons. The molecule has 0 aliphatic heterocycles. The minimum atomic E-state index is -4.45. The summed E-state index contributed by atoms with van der Waals surface area (Å²) in [5.41, 5.74) is 0.505. The van der Waals surface area contributed by atoms with Gasteiger partial charge < -0.3 is 4.42 Å². The Bertz CT molecular complexity index is 908. The average molecular weight is 304 g/mol. The molecule has 0 aliphatic carbocycles. The first-order valence-electron chi connectivity index (χ1n) is 6.56. The van der Waals surface area contributed by atoms with Gasteiger partial charge in [-0.3, -0.25) is 4.79 Å². The Kier molecular flexibility index (Phi) is 3.28. The zero-order valence-electron chi connectivity index (χ0n) is 11.6. The van der Waals surface area contributed by atoms with Crippen LogP contribution in [0.25, 0.3) is 22.1 Å². The highest BCUT2D eigenvalue weighted by Gasteiger charge is 2.30. The fraction of sp³-hybridized carbons (Fsp3) is 0.118. The molecule has 0 saturated heterocycles. The number of halogens is 3. The van der Waals surface area contributed by atoms with Crippen LogP contribution in [0.15, 0.2) is 57.9 Å². The van der Waals surface area contributed by atoms with E-state index in [0.717, 1.165) is 17.7 Å². The quantitative estimate of drug-likeness (QED) is 0.647. The van der Waals surface area contributed by atoms with E-state index in [2.05, 4.69) is 0 Å². The Hall–Kier alpha value is -2.56. The van der Waals surface area contributed by atoms with Crippen LogP contribution in [0.2, 0.25) is 0 Å². The molecule has 0 N–H and O–H groups in total. The molecule has 0 spiro atoms. The molecule has 0 fully saturated rings. The van der Waals surface area contributed by atoms with E-state index in [1.165, 1.54) is 18.4 Å². The Morgan fingerprint density at radius 1 is 1.05 bits per heavy atom. The van der Waals surface area contributed by atoms with Gasteiger partial charge >= 0.3 is 6.18 Å². The molecule has 112 valence electrons. The molecule has 2 nitrogen and oxygen atoms in total. The number of fused-ring (bicyclic) bond motifs is 1. The van der Waals surface area contributed by atoms with Gasteiger partial charge in [-0.05, 0) is 42.3 Å². The minimum Gasteiger partial charge on any atom is -0.463 e. The van der Waals surface area contributed by atoms with Crippen molar-refractivity contribution in [1.29, 1.82) is 0 Å². The third-order valence-electron chi connectivity index (χ3n) is 3.43. The summed E-state index contributed by atoms with van der Waals surface area (Å²) in [5, 5.41) is 0.348. The summed E-state index contributed by atoms with van der Waals surface area (Å²) in [6.07, 6.45) is -3.25. The van der Waals surface area contributed by atoms with Crippen LogP contribution in [0.3, 0.4) is 0 Å². The Balaban J connectivity index is 2.21. The molecule has 1 aromatic heterocycles. The third kappa shape index (κ3) is 2.50. The van der Waals surface area contributed by atoms with Crippen molar-refractivity contribution < 1.29 is 17.6 Å². The lowest BCUT2D eigenvalue weighted by molar-refractivity contribution is -0.137. The van der Waals surface area contributed by atoms with Gasteiger partial charge in [0.15, 0.2) is 5.43 Å². The van der Waals surface area contributed by atoms with Crippen LogP contribution >= 0.6 is 0 Å². The molecule has 3 aromatic rings. The summed E-state index contributed by atoms with van der Waals surface area (Å²) in [6.45, 7) is 1.86. The molecule has 0 atom stereocenters. The molecule has 5 heteroatoms. The largest absolute Gasteiger partial charge is 0.463 e. The molecule has 0 unspecified atom stereocenters. The second kappa shape index (κ2) is 5.02. The number of hydrogen-bond donors (Lipinski definition) is 0. The standard InChI is InChI=1S/C17H11F3O2/c1-10-5-6-13-15(7-10)22-9-14(16(13)21)11-3-2-4-12(8-11)17(18,19)20/h2-9H,1H3. The molecular formula is C17H11F3O2. The zero-order valence-corrected chi connectivity index (χ0v) is 11.6. The van der Waals surface area contributed by atoms with Crippen molar-refractivity contribution in [3.05, 3.63) is 70.1 Å². The second-order valence-electron chi connectivity index (χ2n) is 5.06. The molecule has 0 aliphatic rings. The van der Waals surface area contributed by atoms with Crippen LogP contribution < -0.4 is 5.43 Å². The van der Waals surface area contributed by atoms with Crippen LogP contribution in [0.1, 0.15) is 11.1 Å². The number of aryl methyl sites for hydroxylation is 1. The first kappa shape index (κ1) is 14.4. The monoisotopic (exact) mass is 304 g/mol. The van der Waals surface area contributed by atoms with Crippen molar-refractivity contribution in [1.82, 2.24) is 0 Å². The van der Waals surface area contributed by atoms with E-state index in [0.29, 0.717) is 11.0 Å². The topological polar surface area (TPSA) is 30.2 Å². The summed E-state index contributed by atoms with van der Waals surface area (Å²) in [7, 11) is 0. The van der Waals surface area contributed by atoms with Crippen LogP contribution in [0, 0.1) is 6.92 Å². The lowest BCUT2D eigenvalue weighted by atomic mass is 10.0. The second-order valence-corrected chi connectivity index (χ2v) is 5.06. The van der Waals surface area contributed by atoms with Gasteiger partial charge in [-0.25, -0.2) is 0 Å². The maximum atomic E-state index is 12.8. The maximum Gasteiger partial charge on any atom is 0.416 e. The van der Waals surface area contributed by atoms with E-state index in [4.69, 9.17) is 4.42 Å². The molecule has 1 heterocycles. The van der Waals surface area contributed by atoms with Crippen LogP contribution in [-0.4, -0.2) is 0 Å². The molecular weight excluding hydrogens is 293 g/mol. The number of hydrogen-bond acceptors (Lipinski definition) is 2. The number of benzene rings is 2. The fourth-order valence-electron chi connectivity index (χ4n) is 2.30. The number of alkyl halides is 3. The molecule has 0 amide bonds. The smallest absolute Gasteiger partial charge is 0.416 e. The van der Waals surface area contributed by atoms with Crippen molar-refractivity contribution >= 4 is 11.0 Å². The highest BCUT2D eigenvalue weighted by atomic mass is 19.4. The van der Waals surface area contributed by atoms with Gasteiger partial charge in [-0.2, -0.15) is 13.2 Å². The summed E-state index contributed by atoms with van der Waals surface area (Å²) in [5.74, 6) is 0. The highest BCUT2D eigenvalue weighted by Crippen LogP contribution is 2.31. The van der Waals surface area contributed by atoms with E-state index < -0.39 is 11.7 Å². The van der Waals surface area contributed by atoms with Gasteiger partial charge in [-0.15, -0.1) is 0 Å². The van der Waals surface area contributed by atoms with E-state index in [1.54, 1.807) is 18.2 Å². The van der Waals surface area contributed by atoms with Gasteiger partial charge in [-0.1, -0.05) is 18.2 Å². The normalized spacial score (nSPS) is 11.8. The first-order valence-corrected chi connectivity index (χ1v) is 6.56. The van der Waals surface area contributed by atoms with Gasteiger partial charge in [0, 0.05) is 0 Å². The third-order valence-corrected chi connectivity index (χ3v) is 3.43. The molecule has 3 rings (SSSR count). The van der Waals surface area contributed by atoms with Crippen molar-refractivity contribution in [3.63, 3.8) is 0 Å². The first-order chi connectivity index (χ1) is 10.4. The fourth-order valence-corrected chi connectivity index (χ4v) is 2.30. The minimum absolute atomic E-state index is 0.113. The van der Waals surface area contributed by atoms with Gasteiger partial charge in [0.2, 0.25) is 0 Å². The van der Waals surface area contributed by atoms with E-state index in [1.807, 2.05) is 6.92 Å². The molecule has 0 bridgehead atoms. The SMILES string of the molecule is Cc1ccc2c(=O)c(-c3cccc(C(F)(F)F)c3)coc2c1. The van der Waals surface area contributed by atoms with Crippen molar-refractivity contribution in [2.24, 2.45) is 0 Å². The van der Waals surface area contributed by atoms with Crippen molar-refractivity contribution in [2.75, 3.05) is 0 Å². The van der Waals surface area contributed by atoms with Gasteiger partial charge in [0.25, 0.3) is 0 Å². The van der Waals surface area contributed by atoms with Crippen molar-refractivity contribution in [3.8, 4) is 11.1 Å². The Labute approximate surface area is 123 Å². The Morgan fingerprint density at radius 2 is 1.82 bits per heavy atom. The van der Waals surface area contributed by atoms with Crippen LogP contribution in [-0.2, 0) is 6.18 Å². The van der Waals surface area contributed by atoms with Crippen molar-refractivity contribution in [2.45, 2.75) is 13.1 Å². The average Bonchev–Trinajstić information content (AvgIpc) is 2.46. The molecule has 0 saturated carbocycles. The number of rotatable bonds is 1. The summed E-state index contributed by atoms with van der Waals surface area (Å²) < 4.78 is 43.7. The van der Waals surface area contributed by atoms with Crippen LogP contribution in [0.4, 0.5) is 13.2 Å². The predicted octanol–water partition coefficient (Wildman–Crippen LogP) is 4.79. The zero-order chi connectivity index (χ0) is 15.9. The molecule has 22 heavy (non-hydrogen) atoms. The van der Waals surface area contributed by atoms with E-state index in [-0.39, 0.29) is 16.6 Å². The summed E-state index contributed by atoms with van der Waals surface area (Å²) >= 11 is 0. The summed E-state index contributed by atoms with van der Waals surface area (Å²) in [4.78, 5) is 12.5. The predicted molar refractivity (Wildman–Crippen MR) is 77.7 cm³/mol. The summed E-state index contributed by atoms with van der Waals surface area (Å²) in [6, 6.07) is 9.75. The maximum absolute atomic E-state index is 12.8. The van der Waals surface area contributed by atoms with Crippen LogP contribution in [0.5, 0.6) is 0 Å². The van der Waals surface area contributed by atoms with Gasteiger partial charge in [0.05, 0.1) is 16.5 Å². The van der Waals surface area contributed by atoms with E-state index >= 15 is 0 Å².